The first-order valence-corrected chi connectivity index (χ1v) is 5.69. The standard InChI is InChI=1S/C9H17N3OS/c1-3-10-6-4-8-11-12-9(14-8)5-7-13-2/h10H,3-7H2,1-2H3. The van der Waals surface area contributed by atoms with Crippen molar-refractivity contribution in [3.63, 3.8) is 0 Å². The Bertz CT molecular complexity index is 252. The van der Waals surface area contributed by atoms with Gasteiger partial charge in [-0.2, -0.15) is 0 Å². The summed E-state index contributed by atoms with van der Waals surface area (Å²) in [5.74, 6) is 0. The van der Waals surface area contributed by atoms with Crippen LogP contribution in [-0.4, -0.2) is 37.0 Å². The predicted octanol–water partition coefficient (Wildman–Crippen LogP) is 0.879. The van der Waals surface area contributed by atoms with E-state index in [4.69, 9.17) is 4.74 Å². The zero-order valence-corrected chi connectivity index (χ0v) is 9.56. The molecule has 4 nitrogen and oxygen atoms in total. The Morgan fingerprint density at radius 2 is 2.00 bits per heavy atom. The normalized spacial score (nSPS) is 10.7. The second-order valence-electron chi connectivity index (χ2n) is 2.94. The molecule has 1 aromatic heterocycles. The van der Waals surface area contributed by atoms with Gasteiger partial charge in [0.1, 0.15) is 10.0 Å². The first kappa shape index (κ1) is 11.6. The van der Waals surface area contributed by atoms with Crippen LogP contribution in [0, 0.1) is 0 Å². The molecule has 1 heterocycles. The third-order valence-corrected chi connectivity index (χ3v) is 2.84. The molecule has 0 saturated carbocycles. The van der Waals surface area contributed by atoms with Crippen LogP contribution in [0.25, 0.3) is 0 Å². The summed E-state index contributed by atoms with van der Waals surface area (Å²) >= 11 is 1.68. The number of hydrogen-bond acceptors (Lipinski definition) is 5. The molecule has 0 amide bonds. The third kappa shape index (κ3) is 4.13. The summed E-state index contributed by atoms with van der Waals surface area (Å²) < 4.78 is 4.98. The van der Waals surface area contributed by atoms with Gasteiger partial charge in [0.25, 0.3) is 0 Å². The van der Waals surface area contributed by atoms with E-state index in [1.165, 1.54) is 0 Å². The Hall–Kier alpha value is -0.520. The summed E-state index contributed by atoms with van der Waals surface area (Å²) in [7, 11) is 1.70. The van der Waals surface area contributed by atoms with E-state index in [0.29, 0.717) is 0 Å². The van der Waals surface area contributed by atoms with E-state index in [0.717, 1.165) is 42.6 Å². The van der Waals surface area contributed by atoms with E-state index in [9.17, 15) is 0 Å². The van der Waals surface area contributed by atoms with Crippen molar-refractivity contribution in [1.29, 1.82) is 0 Å². The molecule has 0 aliphatic carbocycles. The van der Waals surface area contributed by atoms with Gasteiger partial charge in [-0.25, -0.2) is 0 Å². The molecule has 0 bridgehead atoms. The van der Waals surface area contributed by atoms with Gasteiger partial charge in [-0.1, -0.05) is 6.92 Å². The van der Waals surface area contributed by atoms with Crippen molar-refractivity contribution in [3.8, 4) is 0 Å². The molecule has 14 heavy (non-hydrogen) atoms. The molecule has 1 rings (SSSR count). The van der Waals surface area contributed by atoms with Crippen molar-refractivity contribution in [3.05, 3.63) is 10.0 Å². The monoisotopic (exact) mass is 215 g/mol. The van der Waals surface area contributed by atoms with Gasteiger partial charge >= 0.3 is 0 Å². The van der Waals surface area contributed by atoms with Crippen LogP contribution in [0.3, 0.4) is 0 Å². The molecular formula is C9H17N3OS. The molecule has 1 aromatic rings. The molecule has 0 atom stereocenters. The molecule has 0 radical (unpaired) electrons. The largest absolute Gasteiger partial charge is 0.384 e. The molecule has 0 spiro atoms. The molecule has 0 saturated heterocycles. The van der Waals surface area contributed by atoms with Crippen LogP contribution in [0.5, 0.6) is 0 Å². The van der Waals surface area contributed by atoms with Crippen molar-refractivity contribution in [1.82, 2.24) is 15.5 Å². The number of nitrogens with one attached hydrogen (secondary N) is 1. The highest BCUT2D eigenvalue weighted by atomic mass is 32.1. The lowest BCUT2D eigenvalue weighted by atomic mass is 10.4. The maximum atomic E-state index is 4.98. The van der Waals surface area contributed by atoms with Gasteiger partial charge in [-0.3, -0.25) is 0 Å². The maximum absolute atomic E-state index is 4.98. The van der Waals surface area contributed by atoms with Gasteiger partial charge in [0.05, 0.1) is 6.61 Å². The molecule has 0 unspecified atom stereocenters. The number of rotatable bonds is 7. The van der Waals surface area contributed by atoms with Gasteiger partial charge in [0.2, 0.25) is 0 Å². The fourth-order valence-corrected chi connectivity index (χ4v) is 1.88. The van der Waals surface area contributed by atoms with Crippen LogP contribution >= 0.6 is 11.3 Å². The van der Waals surface area contributed by atoms with E-state index in [1.807, 2.05) is 0 Å². The van der Waals surface area contributed by atoms with Gasteiger partial charge < -0.3 is 10.1 Å². The summed E-state index contributed by atoms with van der Waals surface area (Å²) in [6.07, 6.45) is 1.84. The number of likely N-dealkylation sites (N-methyl/N-ethyl adjacent to an activating group) is 1. The molecular weight excluding hydrogens is 198 g/mol. The molecule has 80 valence electrons. The Kier molecular flexibility index (Phi) is 5.66. The highest BCUT2D eigenvalue weighted by molar-refractivity contribution is 7.11. The van der Waals surface area contributed by atoms with Gasteiger partial charge in [0, 0.05) is 26.5 Å². The summed E-state index contributed by atoms with van der Waals surface area (Å²) in [4.78, 5) is 0. The number of methoxy groups -OCH3 is 1. The lowest BCUT2D eigenvalue weighted by molar-refractivity contribution is 0.202. The Morgan fingerprint density at radius 3 is 2.64 bits per heavy atom. The molecule has 1 N–H and O–H groups in total. The number of aromatic nitrogens is 2. The van der Waals surface area contributed by atoms with Gasteiger partial charge in [-0.15, -0.1) is 21.5 Å². The smallest absolute Gasteiger partial charge is 0.119 e. The molecule has 0 fully saturated rings. The summed E-state index contributed by atoms with van der Waals surface area (Å²) in [6.45, 7) is 4.82. The van der Waals surface area contributed by atoms with Gasteiger partial charge in [-0.05, 0) is 6.54 Å². The lowest BCUT2D eigenvalue weighted by Crippen LogP contribution is -2.15. The summed E-state index contributed by atoms with van der Waals surface area (Å²) in [5, 5.41) is 13.6. The topological polar surface area (TPSA) is 47.0 Å². The first-order chi connectivity index (χ1) is 6.86. The minimum atomic E-state index is 0.724. The van der Waals surface area contributed by atoms with Crippen molar-refractivity contribution in [2.75, 3.05) is 26.8 Å². The first-order valence-electron chi connectivity index (χ1n) is 4.87. The van der Waals surface area contributed by atoms with E-state index >= 15 is 0 Å². The molecule has 5 heteroatoms. The minimum Gasteiger partial charge on any atom is -0.384 e. The fraction of sp³-hybridized carbons (Fsp3) is 0.778. The van der Waals surface area contributed by atoms with Crippen molar-refractivity contribution in [2.45, 2.75) is 19.8 Å². The Labute approximate surface area is 88.7 Å². The Morgan fingerprint density at radius 1 is 1.29 bits per heavy atom. The lowest BCUT2D eigenvalue weighted by Gasteiger charge is -1.96. The number of hydrogen-bond donors (Lipinski definition) is 1. The fourth-order valence-electron chi connectivity index (χ4n) is 1.05. The van der Waals surface area contributed by atoms with Crippen LogP contribution in [-0.2, 0) is 17.6 Å². The third-order valence-electron chi connectivity index (χ3n) is 1.79. The average molecular weight is 215 g/mol. The molecule has 0 aliphatic rings. The highest BCUT2D eigenvalue weighted by Crippen LogP contribution is 2.10. The van der Waals surface area contributed by atoms with Gasteiger partial charge in [0.15, 0.2) is 0 Å². The molecule has 0 aliphatic heterocycles. The van der Waals surface area contributed by atoms with Crippen molar-refractivity contribution < 1.29 is 4.74 Å². The van der Waals surface area contributed by atoms with Crippen LogP contribution in [0.2, 0.25) is 0 Å². The average Bonchev–Trinajstić information content (AvgIpc) is 2.63. The molecule has 0 aromatic carbocycles. The minimum absolute atomic E-state index is 0.724. The highest BCUT2D eigenvalue weighted by Gasteiger charge is 2.02. The zero-order valence-electron chi connectivity index (χ0n) is 8.75. The van der Waals surface area contributed by atoms with E-state index < -0.39 is 0 Å². The van der Waals surface area contributed by atoms with Crippen LogP contribution in [0.4, 0.5) is 0 Å². The van der Waals surface area contributed by atoms with Crippen molar-refractivity contribution in [2.24, 2.45) is 0 Å². The van der Waals surface area contributed by atoms with E-state index in [-0.39, 0.29) is 0 Å². The quantitative estimate of drug-likeness (QED) is 0.686. The van der Waals surface area contributed by atoms with Crippen molar-refractivity contribution >= 4 is 11.3 Å². The number of nitrogens with zero attached hydrogens (tertiary/aromatic N) is 2. The zero-order chi connectivity index (χ0) is 10.2. The van der Waals surface area contributed by atoms with Crippen LogP contribution in [0.1, 0.15) is 16.9 Å². The van der Waals surface area contributed by atoms with E-state index in [2.05, 4.69) is 22.4 Å². The van der Waals surface area contributed by atoms with Crippen LogP contribution < -0.4 is 5.32 Å². The predicted molar refractivity (Wildman–Crippen MR) is 57.7 cm³/mol. The second-order valence-corrected chi connectivity index (χ2v) is 4.08. The number of ether oxygens (including phenoxy) is 1. The second kappa shape index (κ2) is 6.86. The van der Waals surface area contributed by atoms with Crippen LogP contribution in [0.15, 0.2) is 0 Å². The Balaban J connectivity index is 2.27. The van der Waals surface area contributed by atoms with E-state index in [1.54, 1.807) is 18.4 Å². The maximum Gasteiger partial charge on any atom is 0.119 e. The summed E-state index contributed by atoms with van der Waals surface area (Å²) in [6, 6.07) is 0. The SMILES string of the molecule is CCNCCc1nnc(CCOC)s1. The summed E-state index contributed by atoms with van der Waals surface area (Å²) in [5.41, 5.74) is 0.